The number of aryl methyl sites for hydroxylation is 1. The van der Waals surface area contributed by atoms with Gasteiger partial charge in [0, 0.05) is 24.2 Å². The van der Waals surface area contributed by atoms with Gasteiger partial charge >= 0.3 is 0 Å². The molecule has 0 amide bonds. The fraction of sp³-hybridized carbons (Fsp3) is 0.294. The molecule has 0 spiro atoms. The molecule has 1 N–H and O–H groups in total. The summed E-state index contributed by atoms with van der Waals surface area (Å²) in [6.45, 7) is 1.87. The molecule has 5 nitrogen and oxygen atoms in total. The first-order chi connectivity index (χ1) is 11.4. The minimum atomic E-state index is -3.66. The summed E-state index contributed by atoms with van der Waals surface area (Å²) in [7, 11) is -0.605. The predicted octanol–water partition coefficient (Wildman–Crippen LogP) is 3.32. The monoisotopic (exact) mass is 369 g/mol. The van der Waals surface area contributed by atoms with E-state index in [1.807, 2.05) is 18.2 Å². The van der Waals surface area contributed by atoms with Crippen molar-refractivity contribution in [3.63, 3.8) is 0 Å². The lowest BCUT2D eigenvalue weighted by Gasteiger charge is -2.18. The van der Waals surface area contributed by atoms with Gasteiger partial charge in [0.05, 0.1) is 18.1 Å². The van der Waals surface area contributed by atoms with Gasteiger partial charge in [-0.05, 0) is 36.8 Å². The van der Waals surface area contributed by atoms with Gasteiger partial charge in [0.25, 0.3) is 0 Å². The van der Waals surface area contributed by atoms with E-state index in [9.17, 15) is 8.42 Å². The molecule has 0 heterocycles. The Labute approximate surface area is 147 Å². The van der Waals surface area contributed by atoms with Crippen molar-refractivity contribution in [3.05, 3.63) is 58.6 Å². The van der Waals surface area contributed by atoms with E-state index < -0.39 is 16.1 Å². The highest BCUT2D eigenvalue weighted by atomic mass is 35.5. The summed E-state index contributed by atoms with van der Waals surface area (Å²) in [4.78, 5) is 0.176. The van der Waals surface area contributed by atoms with Crippen molar-refractivity contribution < 1.29 is 17.9 Å². The Bertz CT molecular complexity index is 808. The van der Waals surface area contributed by atoms with Crippen molar-refractivity contribution in [1.82, 2.24) is 4.72 Å². The number of halogens is 1. The zero-order valence-corrected chi connectivity index (χ0v) is 15.3. The predicted molar refractivity (Wildman–Crippen MR) is 94.1 cm³/mol. The van der Waals surface area contributed by atoms with Gasteiger partial charge in [-0.2, -0.15) is 0 Å². The molecule has 0 aromatic heterocycles. The molecule has 0 radical (unpaired) electrons. The first kappa shape index (κ1) is 18.7. The van der Waals surface area contributed by atoms with Crippen molar-refractivity contribution in [3.8, 4) is 5.75 Å². The lowest BCUT2D eigenvalue weighted by Crippen LogP contribution is -2.29. The Morgan fingerprint density at radius 3 is 2.46 bits per heavy atom. The smallest absolute Gasteiger partial charge is 0.240 e. The molecule has 0 aliphatic rings. The number of hydrogen-bond acceptors (Lipinski definition) is 4. The summed E-state index contributed by atoms with van der Waals surface area (Å²) in [6, 6.07) is 11.9. The number of ether oxygens (including phenoxy) is 2. The van der Waals surface area contributed by atoms with E-state index in [-0.39, 0.29) is 11.4 Å². The van der Waals surface area contributed by atoms with E-state index in [0.717, 1.165) is 11.1 Å². The van der Waals surface area contributed by atoms with Crippen LogP contribution in [0.5, 0.6) is 5.75 Å². The fourth-order valence-corrected chi connectivity index (χ4v) is 3.72. The highest BCUT2D eigenvalue weighted by molar-refractivity contribution is 7.89. The molecule has 2 aromatic rings. The minimum Gasteiger partial charge on any atom is -0.496 e. The third-order valence-electron chi connectivity index (χ3n) is 3.67. The lowest BCUT2D eigenvalue weighted by atomic mass is 10.1. The zero-order valence-electron chi connectivity index (χ0n) is 13.7. The normalized spacial score (nSPS) is 12.8. The van der Waals surface area contributed by atoms with Crippen molar-refractivity contribution >= 4 is 21.6 Å². The van der Waals surface area contributed by atoms with Crippen LogP contribution in [0.1, 0.15) is 17.2 Å². The van der Waals surface area contributed by atoms with Crippen LogP contribution in [-0.4, -0.2) is 29.2 Å². The molecule has 0 saturated heterocycles. The van der Waals surface area contributed by atoms with E-state index in [1.54, 1.807) is 32.2 Å². The van der Waals surface area contributed by atoms with Gasteiger partial charge < -0.3 is 9.47 Å². The van der Waals surface area contributed by atoms with Crippen LogP contribution in [0, 0.1) is 6.92 Å². The second kappa shape index (κ2) is 7.98. The molecule has 24 heavy (non-hydrogen) atoms. The van der Waals surface area contributed by atoms with Crippen LogP contribution >= 0.6 is 11.6 Å². The standard InChI is InChI=1S/C17H20ClNO4S/c1-12-10-13(8-9-16(12)22-2)24(20,21)19-11-17(23-3)14-6-4-5-7-15(14)18/h4-10,17,19H,11H2,1-3H3. The third kappa shape index (κ3) is 4.27. The van der Waals surface area contributed by atoms with E-state index in [2.05, 4.69) is 4.72 Å². The van der Waals surface area contributed by atoms with Crippen molar-refractivity contribution in [1.29, 1.82) is 0 Å². The average molecular weight is 370 g/mol. The van der Waals surface area contributed by atoms with Crippen LogP contribution in [0.4, 0.5) is 0 Å². The first-order valence-corrected chi connectivity index (χ1v) is 9.16. The Morgan fingerprint density at radius 2 is 1.88 bits per heavy atom. The highest BCUT2D eigenvalue weighted by Gasteiger charge is 2.20. The summed E-state index contributed by atoms with van der Waals surface area (Å²) >= 11 is 6.15. The molecule has 2 aromatic carbocycles. The molecule has 0 saturated carbocycles. The Kier molecular flexibility index (Phi) is 6.23. The Hall–Kier alpha value is -1.60. The number of rotatable bonds is 7. The highest BCUT2D eigenvalue weighted by Crippen LogP contribution is 2.25. The van der Waals surface area contributed by atoms with Gasteiger partial charge in [0.1, 0.15) is 5.75 Å². The Balaban J connectivity index is 2.17. The van der Waals surface area contributed by atoms with Gasteiger partial charge in [0.15, 0.2) is 0 Å². The quantitative estimate of drug-likeness (QED) is 0.813. The van der Waals surface area contributed by atoms with Crippen LogP contribution < -0.4 is 9.46 Å². The van der Waals surface area contributed by atoms with Gasteiger partial charge in [0.2, 0.25) is 10.0 Å². The van der Waals surface area contributed by atoms with E-state index in [0.29, 0.717) is 10.8 Å². The molecule has 7 heteroatoms. The lowest BCUT2D eigenvalue weighted by molar-refractivity contribution is 0.107. The molecule has 0 aliphatic carbocycles. The molecular formula is C17H20ClNO4S. The number of hydrogen-bond donors (Lipinski definition) is 1. The van der Waals surface area contributed by atoms with E-state index in [1.165, 1.54) is 13.2 Å². The second-order valence-electron chi connectivity index (χ2n) is 5.23. The summed E-state index contributed by atoms with van der Waals surface area (Å²) in [6.07, 6.45) is -0.479. The maximum Gasteiger partial charge on any atom is 0.240 e. The van der Waals surface area contributed by atoms with Crippen LogP contribution in [0.25, 0.3) is 0 Å². The number of nitrogens with one attached hydrogen (secondary N) is 1. The molecule has 2 rings (SSSR count). The number of methoxy groups -OCH3 is 2. The van der Waals surface area contributed by atoms with Gasteiger partial charge in [-0.25, -0.2) is 13.1 Å². The van der Waals surface area contributed by atoms with Crippen molar-refractivity contribution in [2.24, 2.45) is 0 Å². The fourth-order valence-electron chi connectivity index (χ4n) is 2.34. The van der Waals surface area contributed by atoms with Crippen molar-refractivity contribution in [2.45, 2.75) is 17.9 Å². The average Bonchev–Trinajstić information content (AvgIpc) is 2.56. The van der Waals surface area contributed by atoms with Crippen molar-refractivity contribution in [2.75, 3.05) is 20.8 Å². The Morgan fingerprint density at radius 1 is 1.17 bits per heavy atom. The topological polar surface area (TPSA) is 64.6 Å². The largest absolute Gasteiger partial charge is 0.496 e. The summed E-state index contributed by atoms with van der Waals surface area (Å²) < 4.78 is 38.1. The zero-order chi connectivity index (χ0) is 17.7. The van der Waals surface area contributed by atoms with E-state index >= 15 is 0 Å². The maximum atomic E-state index is 12.5. The van der Waals surface area contributed by atoms with Gasteiger partial charge in [-0.3, -0.25) is 0 Å². The van der Waals surface area contributed by atoms with Crippen LogP contribution in [0.2, 0.25) is 5.02 Å². The summed E-state index contributed by atoms with van der Waals surface area (Å²) in [5.74, 6) is 0.639. The maximum absolute atomic E-state index is 12.5. The molecular weight excluding hydrogens is 350 g/mol. The molecule has 1 atom stereocenters. The number of sulfonamides is 1. The molecule has 0 bridgehead atoms. The van der Waals surface area contributed by atoms with Crippen LogP contribution in [-0.2, 0) is 14.8 Å². The second-order valence-corrected chi connectivity index (χ2v) is 7.40. The molecule has 0 fully saturated rings. The van der Waals surface area contributed by atoms with Crippen LogP contribution in [0.3, 0.4) is 0 Å². The molecule has 0 aliphatic heterocycles. The summed E-state index contributed by atoms with van der Waals surface area (Å²) in [5.41, 5.74) is 1.48. The molecule has 1 unspecified atom stereocenters. The summed E-state index contributed by atoms with van der Waals surface area (Å²) in [5, 5.41) is 0.531. The van der Waals surface area contributed by atoms with Gasteiger partial charge in [-0.15, -0.1) is 0 Å². The van der Waals surface area contributed by atoms with Crippen LogP contribution in [0.15, 0.2) is 47.4 Å². The van der Waals surface area contributed by atoms with E-state index in [4.69, 9.17) is 21.1 Å². The SMILES string of the molecule is COc1ccc(S(=O)(=O)NCC(OC)c2ccccc2Cl)cc1C. The number of benzene rings is 2. The van der Waals surface area contributed by atoms with Gasteiger partial charge in [-0.1, -0.05) is 29.8 Å². The first-order valence-electron chi connectivity index (χ1n) is 7.30. The minimum absolute atomic E-state index is 0.0770. The third-order valence-corrected chi connectivity index (χ3v) is 5.44. The molecule has 130 valence electrons.